The van der Waals surface area contributed by atoms with Crippen LogP contribution in [0.4, 0.5) is 5.69 Å². The van der Waals surface area contributed by atoms with Crippen LogP contribution < -0.4 is 5.32 Å². The quantitative estimate of drug-likeness (QED) is 0.720. The van der Waals surface area contributed by atoms with Crippen LogP contribution in [0, 0.1) is 6.92 Å². The minimum atomic E-state index is -0.223. The average Bonchev–Trinajstić information content (AvgIpc) is 2.89. The summed E-state index contributed by atoms with van der Waals surface area (Å²) in [5.41, 5.74) is 3.52. The van der Waals surface area contributed by atoms with E-state index in [1.165, 1.54) is 6.92 Å². The molecular formula is C20H21N3O2. The van der Waals surface area contributed by atoms with Crippen LogP contribution in [-0.4, -0.2) is 21.2 Å². The number of anilines is 1. The Kier molecular flexibility index (Phi) is 4.40. The lowest BCUT2D eigenvalue weighted by molar-refractivity contribution is 0.101. The first-order valence-corrected chi connectivity index (χ1v) is 8.27. The molecule has 3 rings (SSSR count). The summed E-state index contributed by atoms with van der Waals surface area (Å²) in [4.78, 5) is 28.6. The highest BCUT2D eigenvalue weighted by Crippen LogP contribution is 2.22. The van der Waals surface area contributed by atoms with Crippen molar-refractivity contribution in [2.75, 3.05) is 5.32 Å². The summed E-state index contributed by atoms with van der Waals surface area (Å²) in [6.45, 7) is 7.68. The van der Waals surface area contributed by atoms with Crippen molar-refractivity contribution in [2.24, 2.45) is 0 Å². The van der Waals surface area contributed by atoms with Crippen LogP contribution in [0.2, 0.25) is 0 Å². The number of rotatable bonds is 4. The molecule has 1 amide bonds. The van der Waals surface area contributed by atoms with Gasteiger partial charge in [-0.05, 0) is 58.0 Å². The molecule has 25 heavy (non-hydrogen) atoms. The molecule has 0 saturated carbocycles. The van der Waals surface area contributed by atoms with Gasteiger partial charge in [-0.15, -0.1) is 0 Å². The molecule has 1 aromatic heterocycles. The molecule has 0 radical (unpaired) electrons. The predicted octanol–water partition coefficient (Wildman–Crippen LogP) is 4.38. The largest absolute Gasteiger partial charge is 0.326 e. The fourth-order valence-corrected chi connectivity index (χ4v) is 3.03. The van der Waals surface area contributed by atoms with Gasteiger partial charge < -0.3 is 9.88 Å². The molecule has 128 valence electrons. The van der Waals surface area contributed by atoms with Crippen molar-refractivity contribution in [3.05, 3.63) is 59.4 Å². The first kappa shape index (κ1) is 16.9. The molecule has 0 aliphatic heterocycles. The molecule has 0 fully saturated rings. The molecule has 0 atom stereocenters. The number of aromatic nitrogens is 2. The maximum absolute atomic E-state index is 12.5. The van der Waals surface area contributed by atoms with Crippen molar-refractivity contribution < 1.29 is 9.59 Å². The first-order valence-electron chi connectivity index (χ1n) is 8.27. The van der Waals surface area contributed by atoms with E-state index >= 15 is 0 Å². The number of benzene rings is 2. The molecule has 5 heteroatoms. The van der Waals surface area contributed by atoms with Crippen LogP contribution in [0.3, 0.4) is 0 Å². The highest BCUT2D eigenvalue weighted by molar-refractivity contribution is 6.06. The van der Waals surface area contributed by atoms with E-state index in [1.807, 2.05) is 13.0 Å². The van der Waals surface area contributed by atoms with E-state index in [-0.39, 0.29) is 11.7 Å². The molecule has 3 aromatic rings. The van der Waals surface area contributed by atoms with Gasteiger partial charge in [0.05, 0.1) is 11.0 Å². The minimum absolute atomic E-state index is 0.0350. The Hall–Kier alpha value is -2.95. The van der Waals surface area contributed by atoms with Gasteiger partial charge in [0.25, 0.3) is 5.91 Å². The number of imidazole rings is 1. The van der Waals surface area contributed by atoms with E-state index in [0.29, 0.717) is 22.9 Å². The number of nitrogens with one attached hydrogen (secondary N) is 1. The number of aryl methyl sites for hydroxylation is 1. The van der Waals surface area contributed by atoms with Crippen molar-refractivity contribution in [1.29, 1.82) is 0 Å². The van der Waals surface area contributed by atoms with Crippen LogP contribution in [0.25, 0.3) is 11.0 Å². The van der Waals surface area contributed by atoms with Crippen LogP contribution >= 0.6 is 0 Å². The third-order valence-electron chi connectivity index (χ3n) is 4.17. The van der Waals surface area contributed by atoms with Gasteiger partial charge in [-0.2, -0.15) is 0 Å². The second kappa shape index (κ2) is 6.51. The predicted molar refractivity (Wildman–Crippen MR) is 99.3 cm³/mol. The zero-order valence-corrected chi connectivity index (χ0v) is 14.8. The number of nitrogens with zero attached hydrogens (tertiary/aromatic N) is 2. The summed E-state index contributed by atoms with van der Waals surface area (Å²) in [7, 11) is 0. The summed E-state index contributed by atoms with van der Waals surface area (Å²) in [6, 6.07) is 12.7. The van der Waals surface area contributed by atoms with Crippen molar-refractivity contribution in [3.63, 3.8) is 0 Å². The van der Waals surface area contributed by atoms with Gasteiger partial charge in [-0.1, -0.05) is 12.1 Å². The fraction of sp³-hybridized carbons (Fsp3) is 0.250. The Morgan fingerprint density at radius 2 is 1.84 bits per heavy atom. The Bertz CT molecular complexity index is 970. The molecule has 2 aromatic carbocycles. The number of hydrogen-bond donors (Lipinski definition) is 1. The van der Waals surface area contributed by atoms with E-state index in [4.69, 9.17) is 0 Å². The molecule has 0 spiro atoms. The second-order valence-electron chi connectivity index (χ2n) is 6.42. The van der Waals surface area contributed by atoms with E-state index in [2.05, 4.69) is 28.7 Å². The van der Waals surface area contributed by atoms with E-state index in [1.54, 1.807) is 36.4 Å². The molecule has 0 aliphatic carbocycles. The van der Waals surface area contributed by atoms with E-state index < -0.39 is 0 Å². The van der Waals surface area contributed by atoms with Crippen LogP contribution in [-0.2, 0) is 0 Å². The van der Waals surface area contributed by atoms with Gasteiger partial charge in [0, 0.05) is 22.9 Å². The lowest BCUT2D eigenvalue weighted by Gasteiger charge is -2.11. The first-order chi connectivity index (χ1) is 11.9. The lowest BCUT2D eigenvalue weighted by atomic mass is 10.1. The second-order valence-corrected chi connectivity index (χ2v) is 6.42. The molecule has 0 bridgehead atoms. The summed E-state index contributed by atoms with van der Waals surface area (Å²) in [5, 5.41) is 2.84. The maximum atomic E-state index is 12.5. The third-order valence-corrected chi connectivity index (χ3v) is 4.17. The van der Waals surface area contributed by atoms with Crippen molar-refractivity contribution >= 4 is 28.4 Å². The summed E-state index contributed by atoms with van der Waals surface area (Å²) < 4.78 is 2.15. The number of carbonyl (C=O) groups excluding carboxylic acids is 2. The number of amides is 1. The third kappa shape index (κ3) is 3.31. The van der Waals surface area contributed by atoms with Gasteiger partial charge in [0.2, 0.25) is 0 Å². The molecule has 5 nitrogen and oxygen atoms in total. The van der Waals surface area contributed by atoms with Gasteiger partial charge in [0.1, 0.15) is 5.82 Å². The van der Waals surface area contributed by atoms with Crippen LogP contribution in [0.5, 0.6) is 0 Å². The Labute approximate surface area is 146 Å². The maximum Gasteiger partial charge on any atom is 0.255 e. The number of carbonyl (C=O) groups is 2. The highest BCUT2D eigenvalue weighted by Gasteiger charge is 2.13. The normalized spacial score (nSPS) is 11.1. The summed E-state index contributed by atoms with van der Waals surface area (Å²) in [5.74, 6) is 0.670. The lowest BCUT2D eigenvalue weighted by Crippen LogP contribution is -2.12. The molecule has 1 N–H and O–H groups in total. The Balaban J connectivity index is 1.90. The summed E-state index contributed by atoms with van der Waals surface area (Å²) >= 11 is 0. The van der Waals surface area contributed by atoms with Gasteiger partial charge in [0.15, 0.2) is 5.78 Å². The van der Waals surface area contributed by atoms with Crippen molar-refractivity contribution in [2.45, 2.75) is 33.7 Å². The summed E-state index contributed by atoms with van der Waals surface area (Å²) in [6.07, 6.45) is 0. The van der Waals surface area contributed by atoms with E-state index in [9.17, 15) is 9.59 Å². The standard InChI is InChI=1S/C20H21N3O2/c1-12(2)23-14(4)21-18-11-16(8-9-19(18)23)20(25)22-17-7-5-6-15(10-17)13(3)24/h5-12H,1-4H3,(H,22,25). The van der Waals surface area contributed by atoms with Crippen molar-refractivity contribution in [1.82, 2.24) is 9.55 Å². The van der Waals surface area contributed by atoms with Gasteiger partial charge >= 0.3 is 0 Å². The SMILES string of the molecule is CC(=O)c1cccc(NC(=O)c2ccc3c(c2)nc(C)n3C(C)C)c1. The van der Waals surface area contributed by atoms with Gasteiger partial charge in [-0.3, -0.25) is 9.59 Å². The number of Topliss-reactive ketones (excluding diaryl/α,β-unsaturated/α-hetero) is 1. The van der Waals surface area contributed by atoms with E-state index in [0.717, 1.165) is 16.9 Å². The molecule has 0 aliphatic rings. The Morgan fingerprint density at radius 3 is 2.52 bits per heavy atom. The fourth-order valence-electron chi connectivity index (χ4n) is 3.03. The molecule has 0 saturated heterocycles. The molecule has 0 unspecified atom stereocenters. The van der Waals surface area contributed by atoms with Crippen LogP contribution in [0.1, 0.15) is 53.4 Å². The topological polar surface area (TPSA) is 64.0 Å². The minimum Gasteiger partial charge on any atom is -0.326 e. The highest BCUT2D eigenvalue weighted by atomic mass is 16.1. The number of fused-ring (bicyclic) bond motifs is 1. The number of ketones is 1. The zero-order chi connectivity index (χ0) is 18.1. The van der Waals surface area contributed by atoms with Crippen LogP contribution in [0.15, 0.2) is 42.5 Å². The van der Waals surface area contributed by atoms with Crippen molar-refractivity contribution in [3.8, 4) is 0 Å². The zero-order valence-electron chi connectivity index (χ0n) is 14.8. The van der Waals surface area contributed by atoms with Gasteiger partial charge in [-0.25, -0.2) is 4.98 Å². The Morgan fingerprint density at radius 1 is 1.08 bits per heavy atom. The average molecular weight is 335 g/mol. The molecule has 1 heterocycles. The smallest absolute Gasteiger partial charge is 0.255 e. The monoisotopic (exact) mass is 335 g/mol. The number of hydrogen-bond acceptors (Lipinski definition) is 3. The molecular weight excluding hydrogens is 314 g/mol.